The van der Waals surface area contributed by atoms with E-state index in [1.54, 1.807) is 7.11 Å². The van der Waals surface area contributed by atoms with Gasteiger partial charge in [0.15, 0.2) is 6.29 Å². The highest BCUT2D eigenvalue weighted by molar-refractivity contribution is 6.99. The number of methoxy groups -OCH3 is 1. The predicted molar refractivity (Wildman–Crippen MR) is 151 cm³/mol. The maximum Gasteiger partial charge on any atom is 0.261 e. The Kier molecular flexibility index (Phi) is 9.96. The summed E-state index contributed by atoms with van der Waals surface area (Å²) < 4.78 is 29.7. The maximum atomic E-state index is 10.9. The molecule has 1 N–H and O–H groups in total. The van der Waals surface area contributed by atoms with Crippen molar-refractivity contribution in [1.29, 1.82) is 0 Å². The van der Waals surface area contributed by atoms with Crippen LogP contribution in [0.1, 0.15) is 33.6 Å². The first-order valence-corrected chi connectivity index (χ1v) is 15.3. The molecule has 204 valence electrons. The Morgan fingerprint density at radius 2 is 1.58 bits per heavy atom. The molecule has 0 bridgehead atoms. The monoisotopic (exact) mass is 536 g/mol. The minimum Gasteiger partial charge on any atom is -0.404 e. The third-order valence-electron chi connectivity index (χ3n) is 7.07. The second-order valence-corrected chi connectivity index (χ2v) is 15.0. The Morgan fingerprint density at radius 3 is 2.13 bits per heavy atom. The Labute approximate surface area is 228 Å². The number of hydrogen-bond donors (Lipinski definition) is 1. The molecule has 0 radical (unpaired) electrons. The fraction of sp³-hybridized carbons (Fsp3) is 0.484. The molecule has 6 nitrogen and oxygen atoms in total. The van der Waals surface area contributed by atoms with E-state index in [0.717, 1.165) is 0 Å². The van der Waals surface area contributed by atoms with Gasteiger partial charge in [0, 0.05) is 20.0 Å². The SMILES string of the molecule is CO[C@H]1C=C[C@@H](CC2OCCO2)O[C@@H]1CC#CC(O)CO[Si](c1ccccc1)(c1ccccc1)C(C)(C)C. The first kappa shape index (κ1) is 28.7. The van der Waals surface area contributed by atoms with E-state index < -0.39 is 14.4 Å². The van der Waals surface area contributed by atoms with Crippen LogP contribution in [0.15, 0.2) is 72.8 Å². The zero-order valence-electron chi connectivity index (χ0n) is 22.8. The van der Waals surface area contributed by atoms with Gasteiger partial charge in [-0.2, -0.15) is 0 Å². The van der Waals surface area contributed by atoms with Gasteiger partial charge < -0.3 is 28.5 Å². The lowest BCUT2D eigenvalue weighted by Gasteiger charge is -2.43. The van der Waals surface area contributed by atoms with E-state index in [2.05, 4.69) is 81.1 Å². The number of aliphatic hydroxyl groups excluding tert-OH is 1. The van der Waals surface area contributed by atoms with E-state index in [1.165, 1.54) is 10.4 Å². The summed E-state index contributed by atoms with van der Waals surface area (Å²) in [4.78, 5) is 0. The molecule has 2 aliphatic rings. The molecule has 0 spiro atoms. The molecule has 1 saturated heterocycles. The molecular formula is C31H40O6Si. The van der Waals surface area contributed by atoms with Crippen LogP contribution < -0.4 is 10.4 Å². The summed E-state index contributed by atoms with van der Waals surface area (Å²) in [5.74, 6) is 6.11. The molecule has 0 amide bonds. The average molecular weight is 537 g/mol. The van der Waals surface area contributed by atoms with Crippen molar-refractivity contribution in [3.05, 3.63) is 72.8 Å². The molecule has 0 aromatic heterocycles. The van der Waals surface area contributed by atoms with Gasteiger partial charge >= 0.3 is 0 Å². The summed E-state index contributed by atoms with van der Waals surface area (Å²) >= 11 is 0. The van der Waals surface area contributed by atoms with Crippen molar-refractivity contribution in [2.75, 3.05) is 26.9 Å². The molecule has 1 fully saturated rings. The fourth-order valence-electron chi connectivity index (χ4n) is 5.25. The molecule has 7 heteroatoms. The number of ether oxygens (including phenoxy) is 4. The Morgan fingerprint density at radius 1 is 0.974 bits per heavy atom. The smallest absolute Gasteiger partial charge is 0.261 e. The van der Waals surface area contributed by atoms with E-state index in [4.69, 9.17) is 23.4 Å². The van der Waals surface area contributed by atoms with Crippen LogP contribution in [-0.4, -0.2) is 71.1 Å². The van der Waals surface area contributed by atoms with Gasteiger partial charge in [-0.3, -0.25) is 0 Å². The molecular weight excluding hydrogens is 496 g/mol. The van der Waals surface area contributed by atoms with Gasteiger partial charge in [-0.25, -0.2) is 0 Å². The quantitative estimate of drug-likeness (QED) is 0.301. The van der Waals surface area contributed by atoms with E-state index in [0.29, 0.717) is 26.1 Å². The van der Waals surface area contributed by atoms with Crippen LogP contribution in [0.3, 0.4) is 0 Å². The summed E-state index contributed by atoms with van der Waals surface area (Å²) in [6, 6.07) is 20.8. The van der Waals surface area contributed by atoms with E-state index in [-0.39, 0.29) is 36.2 Å². The number of aliphatic hydroxyl groups is 1. The van der Waals surface area contributed by atoms with Crippen molar-refractivity contribution >= 4 is 18.7 Å². The van der Waals surface area contributed by atoms with Crippen molar-refractivity contribution in [2.45, 2.75) is 69.4 Å². The lowest BCUT2D eigenvalue weighted by atomic mass is 10.0. The molecule has 2 aliphatic heterocycles. The lowest BCUT2D eigenvalue weighted by Crippen LogP contribution is -2.67. The topological polar surface area (TPSA) is 66.4 Å². The molecule has 1 unspecified atom stereocenters. The summed E-state index contributed by atoms with van der Waals surface area (Å²) in [6.07, 6.45) is 3.34. The van der Waals surface area contributed by atoms with Gasteiger partial charge in [0.1, 0.15) is 12.2 Å². The molecule has 4 atom stereocenters. The van der Waals surface area contributed by atoms with E-state index in [9.17, 15) is 5.11 Å². The predicted octanol–water partition coefficient (Wildman–Crippen LogP) is 3.42. The standard InChI is InChI=1S/C31H40O6Si/c1-31(2,3)38(26-13-7-5-8-14-26,27-15-9-6-10-16-27)36-23-24(32)12-11-17-29-28(33-4)19-18-25(37-29)22-30-34-20-21-35-30/h5-10,13-16,18-19,24-25,28-30,32H,17,20-23H2,1-4H3/t24?,25-,28-,29+/m0/s1. The second-order valence-electron chi connectivity index (χ2n) is 10.7. The molecule has 0 aliphatic carbocycles. The number of rotatable bonds is 9. The summed E-state index contributed by atoms with van der Waals surface area (Å²) in [6.45, 7) is 8.00. The Hall–Kier alpha value is -2.28. The summed E-state index contributed by atoms with van der Waals surface area (Å²) in [7, 11) is -1.07. The van der Waals surface area contributed by atoms with Crippen molar-refractivity contribution in [3.63, 3.8) is 0 Å². The molecule has 0 saturated carbocycles. The third-order valence-corrected chi connectivity index (χ3v) is 12.1. The number of hydrogen-bond acceptors (Lipinski definition) is 6. The van der Waals surface area contributed by atoms with Crippen molar-refractivity contribution < 1.29 is 28.5 Å². The van der Waals surface area contributed by atoms with Crippen molar-refractivity contribution in [1.82, 2.24) is 0 Å². The minimum absolute atomic E-state index is 0.123. The molecule has 38 heavy (non-hydrogen) atoms. The normalized spacial score (nSPS) is 23.1. The van der Waals surface area contributed by atoms with Gasteiger partial charge in [0.25, 0.3) is 8.32 Å². The third kappa shape index (κ3) is 6.83. The summed E-state index contributed by atoms with van der Waals surface area (Å²) in [5, 5.41) is 13.0. The van der Waals surface area contributed by atoms with Gasteiger partial charge in [-0.1, -0.05) is 105 Å². The van der Waals surface area contributed by atoms with E-state index in [1.807, 2.05) is 24.3 Å². The summed E-state index contributed by atoms with van der Waals surface area (Å²) in [5.41, 5.74) is 0. The number of benzene rings is 2. The highest BCUT2D eigenvalue weighted by Crippen LogP contribution is 2.36. The lowest BCUT2D eigenvalue weighted by molar-refractivity contribution is -0.111. The molecule has 2 heterocycles. The van der Waals surface area contributed by atoms with Gasteiger partial charge in [-0.05, 0) is 15.4 Å². The van der Waals surface area contributed by atoms with Crippen LogP contribution >= 0.6 is 0 Å². The fourth-order valence-corrected chi connectivity index (χ4v) is 9.81. The zero-order valence-corrected chi connectivity index (χ0v) is 23.8. The Balaban J connectivity index is 1.44. The second kappa shape index (κ2) is 13.2. The first-order valence-electron chi connectivity index (χ1n) is 13.3. The molecule has 4 rings (SSSR count). The van der Waals surface area contributed by atoms with Crippen molar-refractivity contribution in [3.8, 4) is 11.8 Å². The minimum atomic E-state index is -2.73. The zero-order chi connectivity index (χ0) is 27.0. The highest BCUT2D eigenvalue weighted by atomic mass is 28.4. The van der Waals surface area contributed by atoms with Crippen LogP contribution in [0.2, 0.25) is 5.04 Å². The average Bonchev–Trinajstić information content (AvgIpc) is 3.43. The van der Waals surface area contributed by atoms with E-state index >= 15 is 0 Å². The van der Waals surface area contributed by atoms with Crippen LogP contribution in [0.5, 0.6) is 0 Å². The van der Waals surface area contributed by atoms with Gasteiger partial charge in [-0.15, -0.1) is 0 Å². The molecule has 2 aromatic carbocycles. The van der Waals surface area contributed by atoms with Crippen LogP contribution in [-0.2, 0) is 23.4 Å². The van der Waals surface area contributed by atoms with Crippen molar-refractivity contribution in [2.24, 2.45) is 0 Å². The van der Waals surface area contributed by atoms with Crippen LogP contribution in [0, 0.1) is 11.8 Å². The van der Waals surface area contributed by atoms with Gasteiger partial charge in [0.2, 0.25) is 0 Å². The maximum absolute atomic E-state index is 10.9. The molecule has 2 aromatic rings. The van der Waals surface area contributed by atoms with Crippen LogP contribution in [0.4, 0.5) is 0 Å². The highest BCUT2D eigenvalue weighted by Gasteiger charge is 2.50. The van der Waals surface area contributed by atoms with Gasteiger partial charge in [0.05, 0.1) is 32.0 Å². The van der Waals surface area contributed by atoms with Crippen LogP contribution in [0.25, 0.3) is 0 Å². The largest absolute Gasteiger partial charge is 0.404 e. The Bertz CT molecular complexity index is 1040. The first-order chi connectivity index (χ1) is 18.3.